The van der Waals surface area contributed by atoms with Crippen molar-refractivity contribution in [2.24, 2.45) is 5.92 Å². The topological polar surface area (TPSA) is 68.8 Å². The largest absolute Gasteiger partial charge is 0.444 e. The van der Waals surface area contributed by atoms with Crippen LogP contribution in [0.2, 0.25) is 0 Å². The lowest BCUT2D eigenvalue weighted by molar-refractivity contribution is 0.0525. The number of hydrogen-bond donors (Lipinski definition) is 2. The molecule has 1 unspecified atom stereocenters. The molecule has 2 N–H and O–H groups in total. The molecular formula is C17H34N2O4. The first-order valence-electron chi connectivity index (χ1n) is 8.67. The van der Waals surface area contributed by atoms with Gasteiger partial charge in [-0.2, -0.15) is 0 Å². The molecule has 0 saturated carbocycles. The van der Waals surface area contributed by atoms with E-state index in [-0.39, 0.29) is 6.09 Å². The molecule has 1 amide bonds. The van der Waals surface area contributed by atoms with Gasteiger partial charge < -0.3 is 24.8 Å². The molecule has 1 rings (SSSR count). The number of rotatable bonds is 9. The zero-order valence-electron chi connectivity index (χ0n) is 15.2. The molecule has 1 fully saturated rings. The highest BCUT2D eigenvalue weighted by molar-refractivity contribution is 5.67. The van der Waals surface area contributed by atoms with Crippen molar-refractivity contribution >= 4 is 6.09 Å². The van der Waals surface area contributed by atoms with Crippen molar-refractivity contribution in [3.05, 3.63) is 0 Å². The minimum absolute atomic E-state index is 0.322. The third kappa shape index (κ3) is 10.5. The molecule has 1 aliphatic heterocycles. The zero-order chi connectivity index (χ0) is 17.1. The third-order valence-corrected chi connectivity index (χ3v) is 3.80. The lowest BCUT2D eigenvalue weighted by atomic mass is 10.00. The van der Waals surface area contributed by atoms with E-state index in [4.69, 9.17) is 14.2 Å². The highest BCUT2D eigenvalue weighted by atomic mass is 16.6. The van der Waals surface area contributed by atoms with Crippen molar-refractivity contribution in [3.8, 4) is 0 Å². The summed E-state index contributed by atoms with van der Waals surface area (Å²) in [5.74, 6) is 0.697. The van der Waals surface area contributed by atoms with Gasteiger partial charge in [-0.25, -0.2) is 4.79 Å². The Morgan fingerprint density at radius 3 is 2.61 bits per heavy atom. The Hall–Kier alpha value is -0.850. The first-order valence-corrected chi connectivity index (χ1v) is 8.67. The summed E-state index contributed by atoms with van der Waals surface area (Å²) in [6, 6.07) is 0.322. The van der Waals surface area contributed by atoms with Gasteiger partial charge in [-0.1, -0.05) is 0 Å². The Labute approximate surface area is 140 Å². The van der Waals surface area contributed by atoms with E-state index in [9.17, 15) is 4.79 Å². The Bertz CT molecular complexity index is 325. The molecule has 1 aliphatic rings. The summed E-state index contributed by atoms with van der Waals surface area (Å²) in [6.45, 7) is 9.66. The van der Waals surface area contributed by atoms with Gasteiger partial charge in [0.2, 0.25) is 0 Å². The molecule has 6 heteroatoms. The number of carbonyl (C=O) groups is 1. The first kappa shape index (κ1) is 20.2. The Morgan fingerprint density at radius 1 is 1.30 bits per heavy atom. The molecule has 0 aliphatic carbocycles. The van der Waals surface area contributed by atoms with Crippen molar-refractivity contribution in [2.45, 2.75) is 58.1 Å². The minimum atomic E-state index is -0.450. The monoisotopic (exact) mass is 330 g/mol. The van der Waals surface area contributed by atoms with E-state index in [1.54, 1.807) is 7.11 Å². The molecule has 0 bridgehead atoms. The van der Waals surface area contributed by atoms with Crippen LogP contribution in [0, 0.1) is 5.92 Å². The minimum Gasteiger partial charge on any atom is -0.444 e. The SMILES string of the molecule is COCC(CCCNC(=O)OC(C)(C)C)NCC1CCOCC1. The lowest BCUT2D eigenvalue weighted by Gasteiger charge is -2.25. The zero-order valence-corrected chi connectivity index (χ0v) is 15.2. The summed E-state index contributed by atoms with van der Waals surface area (Å²) in [5, 5.41) is 6.39. The third-order valence-electron chi connectivity index (χ3n) is 3.80. The average Bonchev–Trinajstić information content (AvgIpc) is 2.48. The van der Waals surface area contributed by atoms with Gasteiger partial charge in [-0.15, -0.1) is 0 Å². The maximum Gasteiger partial charge on any atom is 0.407 e. The maximum absolute atomic E-state index is 11.6. The number of ether oxygens (including phenoxy) is 3. The Kier molecular flexibility index (Phi) is 9.52. The number of carbonyl (C=O) groups excluding carboxylic acids is 1. The van der Waals surface area contributed by atoms with Crippen LogP contribution in [0.3, 0.4) is 0 Å². The number of alkyl carbamates (subject to hydrolysis) is 1. The van der Waals surface area contributed by atoms with E-state index in [2.05, 4.69) is 10.6 Å². The van der Waals surface area contributed by atoms with Crippen molar-refractivity contribution in [2.75, 3.05) is 40.0 Å². The number of methoxy groups -OCH3 is 1. The van der Waals surface area contributed by atoms with Gasteiger partial charge in [0.15, 0.2) is 0 Å². The van der Waals surface area contributed by atoms with Crippen LogP contribution in [0.1, 0.15) is 46.5 Å². The average molecular weight is 330 g/mol. The molecule has 1 heterocycles. The molecular weight excluding hydrogens is 296 g/mol. The smallest absolute Gasteiger partial charge is 0.407 e. The lowest BCUT2D eigenvalue weighted by Crippen LogP contribution is -2.39. The Morgan fingerprint density at radius 2 is 2.00 bits per heavy atom. The molecule has 0 aromatic carbocycles. The molecule has 6 nitrogen and oxygen atoms in total. The fourth-order valence-electron chi connectivity index (χ4n) is 2.58. The van der Waals surface area contributed by atoms with Crippen LogP contribution in [0.5, 0.6) is 0 Å². The fourth-order valence-corrected chi connectivity index (χ4v) is 2.58. The molecule has 1 atom stereocenters. The van der Waals surface area contributed by atoms with Crippen LogP contribution in [0.15, 0.2) is 0 Å². The van der Waals surface area contributed by atoms with Gasteiger partial charge in [0.05, 0.1) is 6.61 Å². The quantitative estimate of drug-likeness (QED) is 0.635. The predicted molar refractivity (Wildman–Crippen MR) is 90.7 cm³/mol. The molecule has 136 valence electrons. The van der Waals surface area contributed by atoms with Gasteiger partial charge in [0, 0.05) is 32.9 Å². The van der Waals surface area contributed by atoms with Crippen molar-refractivity contribution in [3.63, 3.8) is 0 Å². The van der Waals surface area contributed by atoms with E-state index in [1.165, 1.54) is 0 Å². The maximum atomic E-state index is 11.6. The van der Waals surface area contributed by atoms with Gasteiger partial charge in [-0.05, 0) is 58.9 Å². The van der Waals surface area contributed by atoms with Crippen LogP contribution in [-0.2, 0) is 14.2 Å². The molecule has 1 saturated heterocycles. The molecule has 23 heavy (non-hydrogen) atoms. The van der Waals surface area contributed by atoms with E-state index in [0.29, 0.717) is 25.1 Å². The number of amides is 1. The summed E-state index contributed by atoms with van der Waals surface area (Å²) < 4.78 is 15.9. The van der Waals surface area contributed by atoms with E-state index < -0.39 is 5.60 Å². The fraction of sp³-hybridized carbons (Fsp3) is 0.941. The van der Waals surface area contributed by atoms with E-state index in [0.717, 1.165) is 45.4 Å². The van der Waals surface area contributed by atoms with Gasteiger partial charge in [0.25, 0.3) is 0 Å². The van der Waals surface area contributed by atoms with Crippen LogP contribution in [0.25, 0.3) is 0 Å². The predicted octanol–water partition coefficient (Wildman–Crippen LogP) is 2.32. The molecule has 0 aromatic heterocycles. The summed E-state index contributed by atoms with van der Waals surface area (Å²) in [4.78, 5) is 11.6. The van der Waals surface area contributed by atoms with Gasteiger partial charge >= 0.3 is 6.09 Å². The van der Waals surface area contributed by atoms with Crippen molar-refractivity contribution < 1.29 is 19.0 Å². The van der Waals surface area contributed by atoms with Crippen molar-refractivity contribution in [1.29, 1.82) is 0 Å². The second kappa shape index (κ2) is 10.8. The second-order valence-corrected chi connectivity index (χ2v) is 7.19. The number of hydrogen-bond acceptors (Lipinski definition) is 5. The second-order valence-electron chi connectivity index (χ2n) is 7.19. The first-order chi connectivity index (χ1) is 10.9. The molecule has 0 aromatic rings. The summed E-state index contributed by atoms with van der Waals surface area (Å²) in [6.07, 6.45) is 3.77. The van der Waals surface area contributed by atoms with Crippen LogP contribution in [-0.4, -0.2) is 57.8 Å². The summed E-state index contributed by atoms with van der Waals surface area (Å²) >= 11 is 0. The van der Waals surface area contributed by atoms with E-state index >= 15 is 0 Å². The number of nitrogens with one attached hydrogen (secondary N) is 2. The standard InChI is InChI=1S/C17H34N2O4/c1-17(2,3)23-16(20)18-9-5-6-15(13-21-4)19-12-14-7-10-22-11-8-14/h14-15,19H,5-13H2,1-4H3,(H,18,20). The normalized spacial score (nSPS) is 17.7. The highest BCUT2D eigenvalue weighted by Gasteiger charge is 2.17. The highest BCUT2D eigenvalue weighted by Crippen LogP contribution is 2.14. The Balaban J connectivity index is 2.15. The molecule has 0 radical (unpaired) electrons. The van der Waals surface area contributed by atoms with Gasteiger partial charge in [0.1, 0.15) is 5.60 Å². The van der Waals surface area contributed by atoms with Crippen LogP contribution < -0.4 is 10.6 Å². The van der Waals surface area contributed by atoms with Crippen LogP contribution in [0.4, 0.5) is 4.79 Å². The van der Waals surface area contributed by atoms with Gasteiger partial charge in [-0.3, -0.25) is 0 Å². The van der Waals surface area contributed by atoms with E-state index in [1.807, 2.05) is 20.8 Å². The summed E-state index contributed by atoms with van der Waals surface area (Å²) in [5.41, 5.74) is -0.450. The molecule has 0 spiro atoms. The van der Waals surface area contributed by atoms with Crippen molar-refractivity contribution in [1.82, 2.24) is 10.6 Å². The summed E-state index contributed by atoms with van der Waals surface area (Å²) in [7, 11) is 1.72. The van der Waals surface area contributed by atoms with Crippen LogP contribution >= 0.6 is 0 Å².